The molecule has 0 unspecified atom stereocenters. The molecule has 1 fully saturated rings. The van der Waals surface area contributed by atoms with Crippen LogP contribution in [0.5, 0.6) is 5.88 Å². The minimum atomic E-state index is 0.501. The van der Waals surface area contributed by atoms with Gasteiger partial charge in [-0.15, -0.1) is 0 Å². The molecule has 0 saturated carbocycles. The van der Waals surface area contributed by atoms with Gasteiger partial charge in [0.2, 0.25) is 5.88 Å². The van der Waals surface area contributed by atoms with Gasteiger partial charge in [0.05, 0.1) is 13.2 Å². The van der Waals surface area contributed by atoms with E-state index in [0.717, 1.165) is 44.2 Å². The predicted octanol–water partition coefficient (Wildman–Crippen LogP) is 2.39. The summed E-state index contributed by atoms with van der Waals surface area (Å²) in [5.74, 6) is 1.57. The number of nitrogens with zero attached hydrogens (tertiary/aromatic N) is 4. The van der Waals surface area contributed by atoms with Gasteiger partial charge in [-0.1, -0.05) is 24.3 Å². The molecule has 0 aliphatic carbocycles. The molecule has 1 N–H and O–H groups in total. The molecule has 29 heavy (non-hydrogen) atoms. The van der Waals surface area contributed by atoms with E-state index in [1.165, 1.54) is 5.69 Å². The van der Waals surface area contributed by atoms with Crippen LogP contribution in [0.15, 0.2) is 53.7 Å². The SMILES string of the molecule is CCNC(=NCc1ccc(OCCOC)nc1)N1CCN(c2ccccc2)CC1. The summed E-state index contributed by atoms with van der Waals surface area (Å²) in [5, 5.41) is 3.42. The van der Waals surface area contributed by atoms with Gasteiger partial charge in [-0.2, -0.15) is 0 Å². The average Bonchev–Trinajstić information content (AvgIpc) is 2.78. The van der Waals surface area contributed by atoms with Crippen LogP contribution in [-0.4, -0.2) is 68.9 Å². The van der Waals surface area contributed by atoms with Crippen LogP contribution in [-0.2, 0) is 11.3 Å². The number of nitrogens with one attached hydrogen (secondary N) is 1. The Hall–Kier alpha value is -2.80. The van der Waals surface area contributed by atoms with E-state index in [9.17, 15) is 0 Å². The first-order valence-electron chi connectivity index (χ1n) is 10.2. The lowest BCUT2D eigenvalue weighted by atomic mass is 10.2. The van der Waals surface area contributed by atoms with Crippen molar-refractivity contribution in [1.29, 1.82) is 0 Å². The second-order valence-corrected chi connectivity index (χ2v) is 6.83. The Morgan fingerprint density at radius 3 is 2.52 bits per heavy atom. The fourth-order valence-electron chi connectivity index (χ4n) is 3.23. The molecule has 1 aromatic heterocycles. The van der Waals surface area contributed by atoms with Crippen molar-refractivity contribution in [2.75, 3.05) is 57.9 Å². The summed E-state index contributed by atoms with van der Waals surface area (Å²) < 4.78 is 10.5. The van der Waals surface area contributed by atoms with Crippen molar-refractivity contribution in [2.24, 2.45) is 4.99 Å². The van der Waals surface area contributed by atoms with Crippen molar-refractivity contribution in [3.05, 3.63) is 54.2 Å². The lowest BCUT2D eigenvalue weighted by molar-refractivity contribution is 0.143. The number of guanidine groups is 1. The van der Waals surface area contributed by atoms with Gasteiger partial charge in [0, 0.05) is 57.8 Å². The van der Waals surface area contributed by atoms with E-state index in [4.69, 9.17) is 14.5 Å². The van der Waals surface area contributed by atoms with Gasteiger partial charge in [-0.25, -0.2) is 9.98 Å². The van der Waals surface area contributed by atoms with Crippen LogP contribution < -0.4 is 15.0 Å². The molecule has 1 saturated heterocycles. The summed E-state index contributed by atoms with van der Waals surface area (Å²) in [6.45, 7) is 8.47. The van der Waals surface area contributed by atoms with Crippen LogP contribution >= 0.6 is 0 Å². The van der Waals surface area contributed by atoms with E-state index < -0.39 is 0 Å². The zero-order chi connectivity index (χ0) is 20.3. The highest BCUT2D eigenvalue weighted by molar-refractivity contribution is 5.80. The third-order valence-corrected chi connectivity index (χ3v) is 4.78. The Bertz CT molecular complexity index is 744. The number of hydrogen-bond acceptors (Lipinski definition) is 5. The van der Waals surface area contributed by atoms with Gasteiger partial charge < -0.3 is 24.6 Å². The highest BCUT2D eigenvalue weighted by Crippen LogP contribution is 2.16. The van der Waals surface area contributed by atoms with E-state index in [1.54, 1.807) is 7.11 Å². The van der Waals surface area contributed by atoms with Gasteiger partial charge in [-0.05, 0) is 24.6 Å². The van der Waals surface area contributed by atoms with Crippen molar-refractivity contribution in [1.82, 2.24) is 15.2 Å². The topological polar surface area (TPSA) is 62.2 Å². The van der Waals surface area contributed by atoms with E-state index in [1.807, 2.05) is 18.3 Å². The van der Waals surface area contributed by atoms with Gasteiger partial charge in [0.25, 0.3) is 0 Å². The van der Waals surface area contributed by atoms with Gasteiger partial charge >= 0.3 is 0 Å². The number of benzene rings is 1. The Morgan fingerprint density at radius 1 is 1.07 bits per heavy atom. The van der Waals surface area contributed by atoms with E-state index in [2.05, 4.69) is 57.4 Å². The minimum Gasteiger partial charge on any atom is -0.475 e. The number of piperazine rings is 1. The number of anilines is 1. The Kier molecular flexibility index (Phi) is 8.12. The number of pyridine rings is 1. The smallest absolute Gasteiger partial charge is 0.213 e. The van der Waals surface area contributed by atoms with E-state index in [0.29, 0.717) is 25.6 Å². The molecule has 0 amide bonds. The standard InChI is InChI=1S/C22H31N5O2/c1-3-23-22(25-18-19-9-10-21(24-17-19)29-16-15-28-2)27-13-11-26(12-14-27)20-7-5-4-6-8-20/h4-10,17H,3,11-16,18H2,1-2H3,(H,23,25). The highest BCUT2D eigenvalue weighted by atomic mass is 16.5. The summed E-state index contributed by atoms with van der Waals surface area (Å²) in [7, 11) is 1.65. The van der Waals surface area contributed by atoms with Crippen molar-refractivity contribution in [3.8, 4) is 5.88 Å². The Labute approximate surface area is 173 Å². The van der Waals surface area contributed by atoms with Crippen LogP contribution in [0, 0.1) is 0 Å². The molecule has 7 heteroatoms. The van der Waals surface area contributed by atoms with Crippen LogP contribution in [0.1, 0.15) is 12.5 Å². The summed E-state index contributed by atoms with van der Waals surface area (Å²) >= 11 is 0. The molecule has 1 aromatic carbocycles. The fourth-order valence-corrected chi connectivity index (χ4v) is 3.23. The molecule has 0 bridgehead atoms. The molecule has 1 aliphatic rings. The number of rotatable bonds is 8. The number of methoxy groups -OCH3 is 1. The molecular weight excluding hydrogens is 366 g/mol. The number of para-hydroxylation sites is 1. The van der Waals surface area contributed by atoms with Crippen molar-refractivity contribution in [2.45, 2.75) is 13.5 Å². The van der Waals surface area contributed by atoms with E-state index >= 15 is 0 Å². The molecule has 0 spiro atoms. The van der Waals surface area contributed by atoms with Gasteiger partial charge in [-0.3, -0.25) is 0 Å². The highest BCUT2D eigenvalue weighted by Gasteiger charge is 2.19. The molecule has 3 rings (SSSR count). The van der Waals surface area contributed by atoms with Crippen molar-refractivity contribution < 1.29 is 9.47 Å². The van der Waals surface area contributed by atoms with Gasteiger partial charge in [0.1, 0.15) is 6.61 Å². The predicted molar refractivity (Wildman–Crippen MR) is 117 cm³/mol. The van der Waals surface area contributed by atoms with E-state index in [-0.39, 0.29) is 0 Å². The summed E-state index contributed by atoms with van der Waals surface area (Å²) in [6.07, 6.45) is 1.82. The summed E-state index contributed by atoms with van der Waals surface area (Å²) in [4.78, 5) is 13.9. The maximum atomic E-state index is 5.51. The largest absolute Gasteiger partial charge is 0.475 e. The van der Waals surface area contributed by atoms with Crippen LogP contribution in [0.25, 0.3) is 0 Å². The maximum Gasteiger partial charge on any atom is 0.213 e. The summed E-state index contributed by atoms with van der Waals surface area (Å²) in [6, 6.07) is 14.5. The number of aliphatic imine (C=N–C) groups is 1. The van der Waals surface area contributed by atoms with Crippen LogP contribution in [0.2, 0.25) is 0 Å². The second kappa shape index (κ2) is 11.3. The third-order valence-electron chi connectivity index (χ3n) is 4.78. The minimum absolute atomic E-state index is 0.501. The molecule has 0 radical (unpaired) electrons. The molecule has 1 aliphatic heterocycles. The van der Waals surface area contributed by atoms with Crippen LogP contribution in [0.4, 0.5) is 5.69 Å². The second-order valence-electron chi connectivity index (χ2n) is 6.83. The molecule has 7 nitrogen and oxygen atoms in total. The van der Waals surface area contributed by atoms with Crippen molar-refractivity contribution in [3.63, 3.8) is 0 Å². The first-order valence-corrected chi connectivity index (χ1v) is 10.2. The lowest BCUT2D eigenvalue weighted by Gasteiger charge is -2.37. The summed E-state index contributed by atoms with van der Waals surface area (Å²) in [5.41, 5.74) is 2.34. The first-order chi connectivity index (χ1) is 14.3. The molecule has 2 aromatic rings. The maximum absolute atomic E-state index is 5.51. The average molecular weight is 398 g/mol. The zero-order valence-electron chi connectivity index (χ0n) is 17.4. The molecule has 2 heterocycles. The zero-order valence-corrected chi connectivity index (χ0v) is 17.4. The number of hydrogen-bond donors (Lipinski definition) is 1. The van der Waals surface area contributed by atoms with Gasteiger partial charge in [0.15, 0.2) is 5.96 Å². The normalized spacial score (nSPS) is 14.8. The Balaban J connectivity index is 1.54. The van der Waals surface area contributed by atoms with Crippen molar-refractivity contribution >= 4 is 11.6 Å². The lowest BCUT2D eigenvalue weighted by Crippen LogP contribution is -2.52. The number of ether oxygens (including phenoxy) is 2. The Morgan fingerprint density at radius 2 is 1.86 bits per heavy atom. The quantitative estimate of drug-likeness (QED) is 0.419. The molecule has 156 valence electrons. The monoisotopic (exact) mass is 397 g/mol. The first kappa shape index (κ1) is 20.9. The number of aromatic nitrogens is 1. The van der Waals surface area contributed by atoms with Crippen LogP contribution in [0.3, 0.4) is 0 Å². The third kappa shape index (κ3) is 6.35. The molecular formula is C22H31N5O2. The molecule has 0 atom stereocenters. The fraction of sp³-hybridized carbons (Fsp3) is 0.455.